The third-order valence-electron chi connectivity index (χ3n) is 2.21. The lowest BCUT2D eigenvalue weighted by molar-refractivity contribution is 0.335. The molecule has 0 saturated carbocycles. The third-order valence-corrected chi connectivity index (χ3v) is 2.21. The van der Waals surface area contributed by atoms with Gasteiger partial charge in [0.15, 0.2) is 0 Å². The summed E-state index contributed by atoms with van der Waals surface area (Å²) in [5, 5.41) is 3.27. The Kier molecular flexibility index (Phi) is 2.34. The topological polar surface area (TPSA) is 34.1 Å². The molecule has 3 nitrogen and oxygen atoms in total. The van der Waals surface area contributed by atoms with E-state index in [-0.39, 0.29) is 0 Å². The molecule has 2 rings (SSSR count). The van der Waals surface area contributed by atoms with Crippen LogP contribution in [0.1, 0.15) is 18.9 Å². The summed E-state index contributed by atoms with van der Waals surface area (Å²) in [6.45, 7) is 3.75. The fourth-order valence-electron chi connectivity index (χ4n) is 1.63. The number of ether oxygens (including phenoxy) is 1. The van der Waals surface area contributed by atoms with Gasteiger partial charge in [0.05, 0.1) is 6.61 Å². The highest BCUT2D eigenvalue weighted by Crippen LogP contribution is 2.28. The first kappa shape index (κ1) is 8.35. The second kappa shape index (κ2) is 3.64. The molecular formula is C10H14N2O. The lowest BCUT2D eigenvalue weighted by atomic mass is 10.1. The van der Waals surface area contributed by atoms with Gasteiger partial charge in [0.1, 0.15) is 11.6 Å². The van der Waals surface area contributed by atoms with Gasteiger partial charge in [-0.15, -0.1) is 0 Å². The molecule has 0 fully saturated rings. The van der Waals surface area contributed by atoms with E-state index in [0.29, 0.717) is 0 Å². The van der Waals surface area contributed by atoms with E-state index in [2.05, 4.69) is 10.3 Å². The van der Waals surface area contributed by atoms with Crippen LogP contribution in [0.4, 0.5) is 5.82 Å². The number of nitrogens with one attached hydrogen (secondary N) is 1. The van der Waals surface area contributed by atoms with Gasteiger partial charge in [0.2, 0.25) is 0 Å². The first-order valence-corrected chi connectivity index (χ1v) is 4.76. The van der Waals surface area contributed by atoms with Gasteiger partial charge in [-0.1, -0.05) is 0 Å². The maximum Gasteiger partial charge on any atom is 0.132 e. The van der Waals surface area contributed by atoms with Crippen LogP contribution in [0.3, 0.4) is 0 Å². The molecule has 1 N–H and O–H groups in total. The lowest BCUT2D eigenvalue weighted by Gasteiger charge is -2.19. The van der Waals surface area contributed by atoms with E-state index in [1.807, 2.05) is 13.0 Å². The van der Waals surface area contributed by atoms with Crippen LogP contribution in [0.25, 0.3) is 0 Å². The minimum Gasteiger partial charge on any atom is -0.493 e. The number of hydrogen-bond donors (Lipinski definition) is 1. The first-order chi connectivity index (χ1) is 6.42. The standard InChI is InChI=1S/C10H14N2O/c1-2-13-9-5-7-12-10-8(9)4-3-6-11-10/h5,7H,2-4,6H2,1H3,(H,11,12). The molecule has 13 heavy (non-hydrogen) atoms. The van der Waals surface area contributed by atoms with Crippen LogP contribution in [-0.4, -0.2) is 18.1 Å². The molecule has 1 aliphatic rings. The second-order valence-electron chi connectivity index (χ2n) is 3.10. The van der Waals surface area contributed by atoms with Crippen molar-refractivity contribution in [3.05, 3.63) is 17.8 Å². The van der Waals surface area contributed by atoms with Gasteiger partial charge in [-0.2, -0.15) is 0 Å². The Morgan fingerprint density at radius 3 is 3.38 bits per heavy atom. The van der Waals surface area contributed by atoms with Crippen molar-refractivity contribution in [1.29, 1.82) is 0 Å². The molecule has 1 aliphatic heterocycles. The molecule has 3 heteroatoms. The normalized spacial score (nSPS) is 14.5. The molecule has 2 heterocycles. The van der Waals surface area contributed by atoms with E-state index in [4.69, 9.17) is 4.74 Å². The Balaban J connectivity index is 2.34. The second-order valence-corrected chi connectivity index (χ2v) is 3.10. The van der Waals surface area contributed by atoms with Crippen molar-refractivity contribution < 1.29 is 4.74 Å². The van der Waals surface area contributed by atoms with E-state index in [1.54, 1.807) is 6.20 Å². The summed E-state index contributed by atoms with van der Waals surface area (Å²) in [5.41, 5.74) is 1.23. The van der Waals surface area contributed by atoms with E-state index in [1.165, 1.54) is 12.0 Å². The Morgan fingerprint density at radius 1 is 1.62 bits per heavy atom. The smallest absolute Gasteiger partial charge is 0.132 e. The average molecular weight is 178 g/mol. The van der Waals surface area contributed by atoms with Gasteiger partial charge in [-0.3, -0.25) is 0 Å². The summed E-state index contributed by atoms with van der Waals surface area (Å²) < 4.78 is 5.52. The average Bonchev–Trinajstić information content (AvgIpc) is 2.19. The van der Waals surface area contributed by atoms with Crippen LogP contribution in [-0.2, 0) is 6.42 Å². The SMILES string of the molecule is CCOc1ccnc2c1CCCN2. The number of aromatic nitrogens is 1. The van der Waals surface area contributed by atoms with Crippen LogP contribution >= 0.6 is 0 Å². The van der Waals surface area contributed by atoms with Gasteiger partial charge in [-0.25, -0.2) is 4.98 Å². The van der Waals surface area contributed by atoms with Crippen molar-refractivity contribution in [2.75, 3.05) is 18.5 Å². The molecule has 0 bridgehead atoms. The predicted molar refractivity (Wildman–Crippen MR) is 52.2 cm³/mol. The van der Waals surface area contributed by atoms with Crippen molar-refractivity contribution in [2.45, 2.75) is 19.8 Å². The minimum absolute atomic E-state index is 0.719. The van der Waals surface area contributed by atoms with E-state index < -0.39 is 0 Å². The number of anilines is 1. The summed E-state index contributed by atoms with van der Waals surface area (Å²) >= 11 is 0. The summed E-state index contributed by atoms with van der Waals surface area (Å²) in [5.74, 6) is 1.98. The molecule has 0 radical (unpaired) electrons. The molecule has 1 aromatic heterocycles. The van der Waals surface area contributed by atoms with Crippen molar-refractivity contribution in [2.24, 2.45) is 0 Å². The van der Waals surface area contributed by atoms with Gasteiger partial charge >= 0.3 is 0 Å². The summed E-state index contributed by atoms with van der Waals surface area (Å²) in [6.07, 6.45) is 4.03. The summed E-state index contributed by atoms with van der Waals surface area (Å²) in [4.78, 5) is 4.27. The van der Waals surface area contributed by atoms with Crippen LogP contribution in [0.2, 0.25) is 0 Å². The number of pyridine rings is 1. The highest BCUT2D eigenvalue weighted by atomic mass is 16.5. The Labute approximate surface area is 78.1 Å². The van der Waals surface area contributed by atoms with Crippen LogP contribution in [0.5, 0.6) is 5.75 Å². The van der Waals surface area contributed by atoms with Gasteiger partial charge in [0, 0.05) is 18.3 Å². The third kappa shape index (κ3) is 1.59. The maximum absolute atomic E-state index is 5.52. The number of hydrogen-bond acceptors (Lipinski definition) is 3. The van der Waals surface area contributed by atoms with Crippen molar-refractivity contribution in [1.82, 2.24) is 4.98 Å². The minimum atomic E-state index is 0.719. The fourth-order valence-corrected chi connectivity index (χ4v) is 1.63. The van der Waals surface area contributed by atoms with E-state index >= 15 is 0 Å². The first-order valence-electron chi connectivity index (χ1n) is 4.76. The van der Waals surface area contributed by atoms with Gasteiger partial charge < -0.3 is 10.1 Å². The maximum atomic E-state index is 5.52. The zero-order chi connectivity index (χ0) is 9.10. The van der Waals surface area contributed by atoms with Crippen molar-refractivity contribution in [3.63, 3.8) is 0 Å². The highest BCUT2D eigenvalue weighted by Gasteiger charge is 2.13. The number of fused-ring (bicyclic) bond motifs is 1. The summed E-state index contributed by atoms with van der Waals surface area (Å²) in [6, 6.07) is 1.94. The van der Waals surface area contributed by atoms with Crippen molar-refractivity contribution >= 4 is 5.82 Å². The zero-order valence-electron chi connectivity index (χ0n) is 7.84. The largest absolute Gasteiger partial charge is 0.493 e. The molecule has 0 saturated heterocycles. The molecule has 0 atom stereocenters. The molecule has 1 aromatic rings. The van der Waals surface area contributed by atoms with Crippen LogP contribution in [0, 0.1) is 0 Å². The van der Waals surface area contributed by atoms with Gasteiger partial charge in [0.25, 0.3) is 0 Å². The molecule has 0 aromatic carbocycles. The van der Waals surface area contributed by atoms with Crippen LogP contribution < -0.4 is 10.1 Å². The van der Waals surface area contributed by atoms with Gasteiger partial charge in [-0.05, 0) is 25.8 Å². The van der Waals surface area contributed by atoms with E-state index in [9.17, 15) is 0 Å². The molecule has 0 spiro atoms. The highest BCUT2D eigenvalue weighted by molar-refractivity contribution is 5.53. The van der Waals surface area contributed by atoms with Crippen molar-refractivity contribution in [3.8, 4) is 5.75 Å². The molecular weight excluding hydrogens is 164 g/mol. The van der Waals surface area contributed by atoms with Crippen LogP contribution in [0.15, 0.2) is 12.3 Å². The quantitative estimate of drug-likeness (QED) is 0.750. The zero-order valence-corrected chi connectivity index (χ0v) is 7.84. The summed E-state index contributed by atoms with van der Waals surface area (Å²) in [7, 11) is 0. The fraction of sp³-hybridized carbons (Fsp3) is 0.500. The van der Waals surface area contributed by atoms with E-state index in [0.717, 1.165) is 31.1 Å². The number of rotatable bonds is 2. The number of nitrogens with zero attached hydrogens (tertiary/aromatic N) is 1. The monoisotopic (exact) mass is 178 g/mol. The Bertz CT molecular complexity index is 299. The lowest BCUT2D eigenvalue weighted by Crippen LogP contribution is -2.14. The molecule has 0 unspecified atom stereocenters. The molecule has 0 amide bonds. The Hall–Kier alpha value is -1.25. The molecule has 0 aliphatic carbocycles. The Morgan fingerprint density at radius 2 is 2.54 bits per heavy atom. The predicted octanol–water partition coefficient (Wildman–Crippen LogP) is 1.84. The molecule has 70 valence electrons.